The summed E-state index contributed by atoms with van der Waals surface area (Å²) in [5.74, 6) is 1.57. The summed E-state index contributed by atoms with van der Waals surface area (Å²) >= 11 is 1.96. The summed E-state index contributed by atoms with van der Waals surface area (Å²) in [6, 6.07) is 7.01. The molecule has 22 heavy (non-hydrogen) atoms. The van der Waals surface area contributed by atoms with Crippen molar-refractivity contribution in [3.63, 3.8) is 0 Å². The number of nitro groups is 1. The number of nitrogens with zero attached hydrogens (tertiary/aromatic N) is 2. The third-order valence-corrected chi connectivity index (χ3v) is 5.08. The minimum Gasteiger partial charge on any atom is -0.325 e. The van der Waals surface area contributed by atoms with Crippen molar-refractivity contribution in [2.45, 2.75) is 19.0 Å². The number of carbonyl (C=O) groups excluding carboxylic acids is 1. The van der Waals surface area contributed by atoms with Crippen LogP contribution < -0.4 is 5.32 Å². The van der Waals surface area contributed by atoms with Gasteiger partial charge in [-0.15, -0.1) is 0 Å². The molecule has 1 saturated carbocycles. The second kappa shape index (κ2) is 6.66. The van der Waals surface area contributed by atoms with Crippen molar-refractivity contribution in [3.05, 3.63) is 39.9 Å². The second-order valence-electron chi connectivity index (χ2n) is 5.73. The van der Waals surface area contributed by atoms with Crippen molar-refractivity contribution in [2.24, 2.45) is 5.92 Å². The number of hydrogen-bond acceptors (Lipinski definition) is 5. The number of anilines is 1. The smallest absolute Gasteiger partial charge is 0.234 e. The highest BCUT2D eigenvalue weighted by atomic mass is 32.2. The standard InChI is InChI=1S/C15H19N3O3S/c19-15(12-9-14(12)18(20)21)16-13-4-2-1-3-11(13)10-17-5-7-22-8-6-17/h1-4,12,14H,5-10H2,(H,16,19)/t12-,14+/m1/s1. The van der Waals surface area contributed by atoms with E-state index in [1.807, 2.05) is 36.0 Å². The van der Waals surface area contributed by atoms with Crippen molar-refractivity contribution in [3.8, 4) is 0 Å². The first-order chi connectivity index (χ1) is 10.6. The Morgan fingerprint density at radius 2 is 2.09 bits per heavy atom. The fraction of sp³-hybridized carbons (Fsp3) is 0.533. The molecule has 0 aromatic heterocycles. The normalized spacial score (nSPS) is 24.7. The summed E-state index contributed by atoms with van der Waals surface area (Å²) in [4.78, 5) is 24.8. The summed E-state index contributed by atoms with van der Waals surface area (Å²) in [5.41, 5.74) is 1.85. The van der Waals surface area contributed by atoms with Gasteiger partial charge in [0.15, 0.2) is 0 Å². The van der Waals surface area contributed by atoms with E-state index in [-0.39, 0.29) is 10.8 Å². The predicted molar refractivity (Wildman–Crippen MR) is 86.6 cm³/mol. The molecule has 1 aliphatic heterocycles. The van der Waals surface area contributed by atoms with Crippen molar-refractivity contribution < 1.29 is 9.72 Å². The topological polar surface area (TPSA) is 75.5 Å². The number of benzene rings is 1. The van der Waals surface area contributed by atoms with E-state index in [4.69, 9.17) is 0 Å². The quantitative estimate of drug-likeness (QED) is 0.661. The zero-order valence-electron chi connectivity index (χ0n) is 12.2. The molecule has 1 N–H and O–H groups in total. The van der Waals surface area contributed by atoms with Gasteiger partial charge in [0.05, 0.1) is 0 Å². The van der Waals surface area contributed by atoms with E-state index in [0.717, 1.165) is 42.4 Å². The first-order valence-electron chi connectivity index (χ1n) is 7.47. The van der Waals surface area contributed by atoms with Crippen LogP contribution in [-0.4, -0.2) is 46.4 Å². The molecule has 3 rings (SSSR count). The highest BCUT2D eigenvalue weighted by molar-refractivity contribution is 7.99. The number of carbonyl (C=O) groups is 1. The van der Waals surface area contributed by atoms with Gasteiger partial charge in [0, 0.05) is 48.2 Å². The lowest BCUT2D eigenvalue weighted by molar-refractivity contribution is -0.497. The van der Waals surface area contributed by atoms with E-state index in [2.05, 4.69) is 10.2 Å². The first-order valence-corrected chi connectivity index (χ1v) is 8.63. The largest absolute Gasteiger partial charge is 0.325 e. The Kier molecular flexibility index (Phi) is 4.63. The summed E-state index contributed by atoms with van der Waals surface area (Å²) < 4.78 is 0. The molecule has 7 heteroatoms. The molecule has 1 aromatic carbocycles. The molecule has 2 atom stereocenters. The summed E-state index contributed by atoms with van der Waals surface area (Å²) in [7, 11) is 0. The van der Waals surface area contributed by atoms with Crippen LogP contribution in [0.25, 0.3) is 0 Å². The zero-order chi connectivity index (χ0) is 15.5. The molecule has 0 bridgehead atoms. The van der Waals surface area contributed by atoms with Crippen LogP contribution in [0, 0.1) is 16.0 Å². The number of nitrogens with one attached hydrogen (secondary N) is 1. The van der Waals surface area contributed by atoms with E-state index >= 15 is 0 Å². The number of hydrogen-bond donors (Lipinski definition) is 1. The highest BCUT2D eigenvalue weighted by Gasteiger charge is 2.53. The monoisotopic (exact) mass is 321 g/mol. The van der Waals surface area contributed by atoms with E-state index in [9.17, 15) is 14.9 Å². The van der Waals surface area contributed by atoms with Crippen molar-refractivity contribution in [1.29, 1.82) is 0 Å². The molecule has 0 spiro atoms. The fourth-order valence-corrected chi connectivity index (χ4v) is 3.68. The van der Waals surface area contributed by atoms with Crippen LogP contribution in [0.5, 0.6) is 0 Å². The molecule has 0 unspecified atom stereocenters. The molecular weight excluding hydrogens is 302 g/mol. The minimum absolute atomic E-state index is 0.233. The summed E-state index contributed by atoms with van der Waals surface area (Å²) in [5, 5.41) is 13.5. The zero-order valence-corrected chi connectivity index (χ0v) is 13.1. The van der Waals surface area contributed by atoms with Crippen LogP contribution in [0.1, 0.15) is 12.0 Å². The lowest BCUT2D eigenvalue weighted by atomic mass is 10.1. The summed E-state index contributed by atoms with van der Waals surface area (Å²) in [6.45, 7) is 2.91. The Labute approximate surface area is 133 Å². The maximum Gasteiger partial charge on any atom is 0.234 e. The van der Waals surface area contributed by atoms with Gasteiger partial charge >= 0.3 is 0 Å². The molecule has 2 aliphatic rings. The van der Waals surface area contributed by atoms with Crippen LogP contribution in [-0.2, 0) is 11.3 Å². The Hall–Kier alpha value is -1.60. The maximum absolute atomic E-state index is 12.1. The molecule has 1 heterocycles. The number of amides is 1. The third kappa shape index (κ3) is 3.59. The molecule has 6 nitrogen and oxygen atoms in total. The molecule has 1 amide bonds. The van der Waals surface area contributed by atoms with Gasteiger partial charge in [0.2, 0.25) is 11.9 Å². The Morgan fingerprint density at radius 3 is 2.77 bits per heavy atom. The predicted octanol–water partition coefficient (Wildman–Crippen LogP) is 1.84. The van der Waals surface area contributed by atoms with E-state index in [0.29, 0.717) is 6.42 Å². The first kappa shape index (κ1) is 15.3. The fourth-order valence-electron chi connectivity index (χ4n) is 2.70. The Bertz CT molecular complexity index is 575. The van der Waals surface area contributed by atoms with Gasteiger partial charge in [-0.05, 0) is 11.6 Å². The maximum atomic E-state index is 12.1. The van der Waals surface area contributed by atoms with Crippen molar-refractivity contribution >= 4 is 23.4 Å². The second-order valence-corrected chi connectivity index (χ2v) is 6.95. The van der Waals surface area contributed by atoms with Gasteiger partial charge in [0.1, 0.15) is 5.92 Å². The van der Waals surface area contributed by atoms with Crippen molar-refractivity contribution in [1.82, 2.24) is 4.90 Å². The number of rotatable bonds is 5. The van der Waals surface area contributed by atoms with E-state index < -0.39 is 12.0 Å². The average molecular weight is 321 g/mol. The van der Waals surface area contributed by atoms with Crippen LogP contribution >= 0.6 is 11.8 Å². The van der Waals surface area contributed by atoms with Crippen LogP contribution in [0.4, 0.5) is 5.69 Å². The van der Waals surface area contributed by atoms with Crippen LogP contribution in [0.3, 0.4) is 0 Å². The SMILES string of the molecule is O=C(Nc1ccccc1CN1CCSCC1)[C@@H]1C[C@@H]1[N+](=O)[O-]. The lowest BCUT2D eigenvalue weighted by Crippen LogP contribution is -2.32. The third-order valence-electron chi connectivity index (χ3n) is 4.14. The van der Waals surface area contributed by atoms with Crippen LogP contribution in [0.2, 0.25) is 0 Å². The van der Waals surface area contributed by atoms with Gasteiger partial charge in [-0.3, -0.25) is 19.8 Å². The van der Waals surface area contributed by atoms with Gasteiger partial charge in [-0.1, -0.05) is 18.2 Å². The molecule has 1 aromatic rings. The Morgan fingerprint density at radius 1 is 1.36 bits per heavy atom. The van der Waals surface area contributed by atoms with E-state index in [1.54, 1.807) is 0 Å². The van der Waals surface area contributed by atoms with Gasteiger partial charge in [0.25, 0.3) is 0 Å². The Balaban J connectivity index is 1.63. The molecule has 2 fully saturated rings. The summed E-state index contributed by atoms with van der Waals surface area (Å²) in [6.07, 6.45) is 0.352. The molecule has 0 radical (unpaired) electrons. The van der Waals surface area contributed by atoms with Crippen molar-refractivity contribution in [2.75, 3.05) is 29.9 Å². The molecule has 1 saturated heterocycles. The van der Waals surface area contributed by atoms with Crippen LogP contribution in [0.15, 0.2) is 24.3 Å². The molecule has 118 valence electrons. The molecular formula is C15H19N3O3S. The van der Waals surface area contributed by atoms with Gasteiger partial charge in [-0.2, -0.15) is 11.8 Å². The lowest BCUT2D eigenvalue weighted by Gasteiger charge is -2.27. The molecule has 1 aliphatic carbocycles. The van der Waals surface area contributed by atoms with E-state index in [1.165, 1.54) is 0 Å². The average Bonchev–Trinajstić information content (AvgIpc) is 3.31. The number of thioether (sulfide) groups is 1. The highest BCUT2D eigenvalue weighted by Crippen LogP contribution is 2.34. The van der Waals surface area contributed by atoms with Gasteiger partial charge < -0.3 is 5.32 Å². The number of para-hydroxylation sites is 1. The minimum atomic E-state index is -0.703. The van der Waals surface area contributed by atoms with Gasteiger partial charge in [-0.25, -0.2) is 0 Å².